The molecule has 0 saturated heterocycles. The van der Waals surface area contributed by atoms with Crippen molar-refractivity contribution in [2.24, 2.45) is 0 Å². The summed E-state index contributed by atoms with van der Waals surface area (Å²) in [6, 6.07) is 7.21. The molecule has 1 aromatic heterocycles. The maximum atomic E-state index is 11.1. The van der Waals surface area contributed by atoms with Crippen molar-refractivity contribution in [1.82, 2.24) is 9.97 Å². The first kappa shape index (κ1) is 12.8. The Morgan fingerprint density at radius 3 is 2.70 bits per heavy atom. The number of nitrogens with zero attached hydrogens (tertiary/aromatic N) is 2. The van der Waals surface area contributed by atoms with Crippen molar-refractivity contribution < 1.29 is 15.0 Å². The van der Waals surface area contributed by atoms with Crippen molar-refractivity contribution in [2.45, 2.75) is 24.9 Å². The molecule has 0 unspecified atom stereocenters. The summed E-state index contributed by atoms with van der Waals surface area (Å²) in [6.45, 7) is 0.368. The standard InChI is InChI=1S/C14H15N3O3/c18-13(19)12-16-10-5-2-1-4-9(10)11(17-12)15-8-14(20)6-3-7-14/h1-2,4-5,20H,3,6-8H2,(H,18,19)(H,15,16,17). The first-order valence-electron chi connectivity index (χ1n) is 6.54. The number of carboxylic acids is 1. The van der Waals surface area contributed by atoms with Crippen LogP contribution in [0.2, 0.25) is 0 Å². The number of para-hydroxylation sites is 1. The van der Waals surface area contributed by atoms with E-state index in [4.69, 9.17) is 5.11 Å². The topological polar surface area (TPSA) is 95.3 Å². The molecule has 0 radical (unpaired) electrons. The fraction of sp³-hybridized carbons (Fsp3) is 0.357. The molecule has 1 saturated carbocycles. The zero-order chi connectivity index (χ0) is 14.2. The average Bonchev–Trinajstić information content (AvgIpc) is 2.42. The van der Waals surface area contributed by atoms with E-state index in [1.165, 1.54) is 0 Å². The Kier molecular flexibility index (Phi) is 3.02. The first-order chi connectivity index (χ1) is 9.57. The van der Waals surface area contributed by atoms with Crippen LogP contribution in [-0.4, -0.2) is 38.3 Å². The van der Waals surface area contributed by atoms with Crippen LogP contribution in [0.1, 0.15) is 29.9 Å². The Balaban J connectivity index is 1.96. The number of aliphatic hydroxyl groups is 1. The van der Waals surface area contributed by atoms with E-state index in [-0.39, 0.29) is 5.82 Å². The van der Waals surface area contributed by atoms with Gasteiger partial charge in [-0.05, 0) is 31.4 Å². The summed E-state index contributed by atoms with van der Waals surface area (Å²) >= 11 is 0. The number of nitrogens with one attached hydrogen (secondary N) is 1. The van der Waals surface area contributed by atoms with Crippen molar-refractivity contribution in [1.29, 1.82) is 0 Å². The lowest BCUT2D eigenvalue weighted by Crippen LogP contribution is -2.43. The average molecular weight is 273 g/mol. The number of hydrogen-bond donors (Lipinski definition) is 3. The van der Waals surface area contributed by atoms with Crippen molar-refractivity contribution in [3.8, 4) is 0 Å². The van der Waals surface area contributed by atoms with Gasteiger partial charge in [0.25, 0.3) is 0 Å². The molecule has 1 fully saturated rings. The van der Waals surface area contributed by atoms with Gasteiger partial charge in [-0.2, -0.15) is 0 Å². The van der Waals surface area contributed by atoms with Gasteiger partial charge in [0.1, 0.15) is 5.82 Å². The van der Waals surface area contributed by atoms with Crippen molar-refractivity contribution in [2.75, 3.05) is 11.9 Å². The molecule has 0 aliphatic heterocycles. The third kappa shape index (κ3) is 2.30. The number of carboxylic acid groups (broad SMARTS) is 1. The van der Waals surface area contributed by atoms with Crippen molar-refractivity contribution in [3.05, 3.63) is 30.1 Å². The minimum atomic E-state index is -1.17. The number of anilines is 1. The van der Waals surface area contributed by atoms with Gasteiger partial charge in [0.05, 0.1) is 11.1 Å². The van der Waals surface area contributed by atoms with Crippen LogP contribution in [0.3, 0.4) is 0 Å². The summed E-state index contributed by atoms with van der Waals surface area (Å²) in [6.07, 6.45) is 2.53. The minimum absolute atomic E-state index is 0.244. The lowest BCUT2D eigenvalue weighted by atomic mass is 9.80. The molecule has 0 amide bonds. The molecular formula is C14H15N3O3. The summed E-state index contributed by atoms with van der Waals surface area (Å²) < 4.78 is 0. The number of rotatable bonds is 4. The Hall–Kier alpha value is -2.21. The second-order valence-electron chi connectivity index (χ2n) is 5.15. The molecular weight excluding hydrogens is 258 g/mol. The van der Waals surface area contributed by atoms with Gasteiger partial charge in [-0.3, -0.25) is 0 Å². The molecule has 2 aromatic rings. The molecule has 1 aliphatic rings. The van der Waals surface area contributed by atoms with Gasteiger partial charge in [0.15, 0.2) is 0 Å². The molecule has 1 aromatic carbocycles. The number of aromatic nitrogens is 2. The molecule has 0 spiro atoms. The molecule has 20 heavy (non-hydrogen) atoms. The zero-order valence-corrected chi connectivity index (χ0v) is 10.8. The maximum Gasteiger partial charge on any atom is 0.374 e. The second-order valence-corrected chi connectivity index (χ2v) is 5.15. The van der Waals surface area contributed by atoms with E-state index < -0.39 is 11.6 Å². The molecule has 3 rings (SSSR count). The number of benzene rings is 1. The lowest BCUT2D eigenvalue weighted by molar-refractivity contribution is -0.0202. The van der Waals surface area contributed by atoms with Crippen LogP contribution in [0, 0.1) is 0 Å². The van der Waals surface area contributed by atoms with E-state index in [0.717, 1.165) is 24.6 Å². The van der Waals surface area contributed by atoms with E-state index in [9.17, 15) is 9.90 Å². The van der Waals surface area contributed by atoms with Gasteiger partial charge in [0, 0.05) is 11.9 Å². The Bertz CT molecular complexity index is 668. The van der Waals surface area contributed by atoms with Gasteiger partial charge >= 0.3 is 5.97 Å². The Labute approximate surface area is 115 Å². The molecule has 6 heteroatoms. The van der Waals surface area contributed by atoms with Gasteiger partial charge in [-0.1, -0.05) is 12.1 Å². The normalized spacial score (nSPS) is 16.6. The predicted molar refractivity (Wildman–Crippen MR) is 73.8 cm³/mol. The van der Waals surface area contributed by atoms with Gasteiger partial charge in [0.2, 0.25) is 5.82 Å². The van der Waals surface area contributed by atoms with Crippen LogP contribution in [0.25, 0.3) is 10.9 Å². The third-order valence-corrected chi connectivity index (χ3v) is 3.66. The quantitative estimate of drug-likeness (QED) is 0.784. The molecule has 6 nitrogen and oxygen atoms in total. The predicted octanol–water partition coefficient (Wildman–Crippen LogP) is 1.65. The summed E-state index contributed by atoms with van der Waals surface area (Å²) in [5.41, 5.74) is -0.127. The third-order valence-electron chi connectivity index (χ3n) is 3.66. The van der Waals surface area contributed by atoms with E-state index in [1.54, 1.807) is 12.1 Å². The van der Waals surface area contributed by atoms with Crippen molar-refractivity contribution in [3.63, 3.8) is 0 Å². The highest BCUT2D eigenvalue weighted by Gasteiger charge is 2.34. The van der Waals surface area contributed by atoms with Crippen LogP contribution >= 0.6 is 0 Å². The molecule has 1 heterocycles. The fourth-order valence-corrected chi connectivity index (χ4v) is 2.32. The van der Waals surface area contributed by atoms with E-state index in [0.29, 0.717) is 17.9 Å². The van der Waals surface area contributed by atoms with Crippen LogP contribution in [0.5, 0.6) is 0 Å². The largest absolute Gasteiger partial charge is 0.475 e. The summed E-state index contributed by atoms with van der Waals surface area (Å²) in [7, 11) is 0. The van der Waals surface area contributed by atoms with Gasteiger partial charge < -0.3 is 15.5 Å². The van der Waals surface area contributed by atoms with Crippen LogP contribution < -0.4 is 5.32 Å². The Morgan fingerprint density at radius 1 is 1.30 bits per heavy atom. The second kappa shape index (κ2) is 4.72. The first-order valence-corrected chi connectivity index (χ1v) is 6.54. The van der Waals surface area contributed by atoms with E-state index in [2.05, 4.69) is 15.3 Å². The number of fused-ring (bicyclic) bond motifs is 1. The summed E-state index contributed by atoms with van der Waals surface area (Å²) in [5, 5.41) is 23.0. The molecule has 3 N–H and O–H groups in total. The molecule has 0 atom stereocenters. The summed E-state index contributed by atoms with van der Waals surface area (Å²) in [5.74, 6) is -0.957. The van der Waals surface area contributed by atoms with Crippen LogP contribution in [0.15, 0.2) is 24.3 Å². The van der Waals surface area contributed by atoms with Gasteiger partial charge in [-0.15, -0.1) is 0 Å². The van der Waals surface area contributed by atoms with E-state index >= 15 is 0 Å². The monoisotopic (exact) mass is 273 g/mol. The highest BCUT2D eigenvalue weighted by Crippen LogP contribution is 2.32. The van der Waals surface area contributed by atoms with Gasteiger partial charge in [-0.25, -0.2) is 14.8 Å². The number of hydrogen-bond acceptors (Lipinski definition) is 5. The number of aromatic carboxylic acids is 1. The molecule has 104 valence electrons. The smallest absolute Gasteiger partial charge is 0.374 e. The molecule has 0 bridgehead atoms. The highest BCUT2D eigenvalue weighted by molar-refractivity contribution is 5.93. The lowest BCUT2D eigenvalue weighted by Gasteiger charge is -2.36. The zero-order valence-electron chi connectivity index (χ0n) is 10.8. The van der Waals surface area contributed by atoms with E-state index in [1.807, 2.05) is 12.1 Å². The fourth-order valence-electron chi connectivity index (χ4n) is 2.32. The SMILES string of the molecule is O=C(O)c1nc(NCC2(O)CCC2)c2ccccc2n1. The summed E-state index contributed by atoms with van der Waals surface area (Å²) in [4.78, 5) is 19.1. The Morgan fingerprint density at radius 2 is 2.05 bits per heavy atom. The highest BCUT2D eigenvalue weighted by atomic mass is 16.4. The maximum absolute atomic E-state index is 11.1. The van der Waals surface area contributed by atoms with Crippen molar-refractivity contribution >= 4 is 22.7 Å². The molecule has 1 aliphatic carbocycles. The van der Waals surface area contributed by atoms with Crippen LogP contribution in [0.4, 0.5) is 5.82 Å². The van der Waals surface area contributed by atoms with Crippen LogP contribution in [-0.2, 0) is 0 Å². The minimum Gasteiger partial charge on any atom is -0.475 e. The number of carbonyl (C=O) groups is 1.